The van der Waals surface area contributed by atoms with Crippen molar-refractivity contribution in [1.82, 2.24) is 9.88 Å². The molecule has 0 radical (unpaired) electrons. The highest BCUT2D eigenvalue weighted by Crippen LogP contribution is 2.17. The molecule has 1 aliphatic heterocycles. The van der Waals surface area contributed by atoms with Crippen molar-refractivity contribution in [2.45, 2.75) is 26.7 Å². The molecule has 0 aliphatic carbocycles. The second-order valence-corrected chi connectivity index (χ2v) is 6.17. The molecule has 0 saturated heterocycles. The Balaban J connectivity index is 2.04. The summed E-state index contributed by atoms with van der Waals surface area (Å²) in [6.07, 6.45) is 3.64. The van der Waals surface area contributed by atoms with Crippen LogP contribution in [-0.4, -0.2) is 28.9 Å². The Hall–Kier alpha value is -0.940. The van der Waals surface area contributed by atoms with Crippen molar-refractivity contribution in [3.05, 3.63) is 26.2 Å². The largest absolute Gasteiger partial charge is 0.341 e. The first-order valence-electron chi connectivity index (χ1n) is 5.68. The number of aromatic nitrogens is 1. The van der Waals surface area contributed by atoms with E-state index in [4.69, 9.17) is 12.2 Å². The molecule has 92 valence electrons. The summed E-state index contributed by atoms with van der Waals surface area (Å²) in [7, 11) is 0. The zero-order chi connectivity index (χ0) is 12.4. The molecule has 2 heterocycles. The molecule has 0 atom stereocenters. The molecule has 0 saturated carbocycles. The predicted octanol–water partition coefficient (Wildman–Crippen LogP) is 2.84. The normalized spacial score (nSPS) is 15.9. The van der Waals surface area contributed by atoms with Gasteiger partial charge in [0.1, 0.15) is 0 Å². The number of aryl methyl sites for hydroxylation is 1. The second kappa shape index (κ2) is 5.14. The molecule has 17 heavy (non-hydrogen) atoms. The molecule has 0 unspecified atom stereocenters. The third-order valence-corrected chi connectivity index (χ3v) is 4.26. The average molecular weight is 268 g/mol. The van der Waals surface area contributed by atoms with Crippen molar-refractivity contribution in [2.24, 2.45) is 0 Å². The van der Waals surface area contributed by atoms with Crippen LogP contribution in [0.25, 0.3) is 0 Å². The second-order valence-electron chi connectivity index (χ2n) is 4.39. The van der Waals surface area contributed by atoms with Gasteiger partial charge in [0.2, 0.25) is 5.91 Å². The summed E-state index contributed by atoms with van der Waals surface area (Å²) < 4.78 is 0.750. The third kappa shape index (κ3) is 3.04. The number of thiazole rings is 1. The summed E-state index contributed by atoms with van der Waals surface area (Å²) in [5, 5.41) is 0. The van der Waals surface area contributed by atoms with E-state index in [9.17, 15) is 4.79 Å². The molecule has 5 heteroatoms. The summed E-state index contributed by atoms with van der Waals surface area (Å²) in [5.74, 6) is 0.200. The first kappa shape index (κ1) is 12.5. The van der Waals surface area contributed by atoms with E-state index in [-0.39, 0.29) is 5.91 Å². The molecule has 2 rings (SSSR count). The van der Waals surface area contributed by atoms with E-state index in [0.29, 0.717) is 6.42 Å². The van der Waals surface area contributed by atoms with Crippen molar-refractivity contribution in [1.29, 1.82) is 0 Å². The summed E-state index contributed by atoms with van der Waals surface area (Å²) in [6.45, 7) is 5.65. The van der Waals surface area contributed by atoms with Crippen molar-refractivity contribution in [3.8, 4) is 0 Å². The van der Waals surface area contributed by atoms with Crippen molar-refractivity contribution < 1.29 is 4.79 Å². The molecule has 0 fully saturated rings. The summed E-state index contributed by atoms with van der Waals surface area (Å²) >= 11 is 6.58. The van der Waals surface area contributed by atoms with Gasteiger partial charge in [-0.1, -0.05) is 11.6 Å². The molecular weight excluding hydrogens is 252 g/mol. The summed E-state index contributed by atoms with van der Waals surface area (Å²) in [6, 6.07) is 0. The highest BCUT2D eigenvalue weighted by molar-refractivity contribution is 7.73. The lowest BCUT2D eigenvalue weighted by Crippen LogP contribution is -2.36. The molecule has 3 nitrogen and oxygen atoms in total. The molecule has 1 amide bonds. The van der Waals surface area contributed by atoms with Crippen LogP contribution >= 0.6 is 23.6 Å². The van der Waals surface area contributed by atoms with Crippen LogP contribution in [0.15, 0.2) is 11.6 Å². The molecule has 1 aromatic heterocycles. The van der Waals surface area contributed by atoms with E-state index in [2.05, 4.69) is 18.0 Å². The van der Waals surface area contributed by atoms with Gasteiger partial charge in [-0.05, 0) is 32.5 Å². The number of nitrogens with one attached hydrogen (secondary N) is 1. The Morgan fingerprint density at radius 3 is 2.94 bits per heavy atom. The van der Waals surface area contributed by atoms with Crippen LogP contribution in [0.4, 0.5) is 0 Å². The number of aromatic amines is 1. The first-order chi connectivity index (χ1) is 8.06. The van der Waals surface area contributed by atoms with E-state index in [1.807, 2.05) is 11.8 Å². The lowest BCUT2D eigenvalue weighted by molar-refractivity contribution is -0.130. The molecule has 1 N–H and O–H groups in total. The van der Waals surface area contributed by atoms with E-state index in [1.54, 1.807) is 0 Å². The Labute approximate surface area is 110 Å². The maximum atomic E-state index is 12.1. The highest BCUT2D eigenvalue weighted by atomic mass is 32.1. The molecule has 0 spiro atoms. The number of carbonyl (C=O) groups excluding carboxylic acids is 1. The van der Waals surface area contributed by atoms with Crippen LogP contribution in [0.5, 0.6) is 0 Å². The predicted molar refractivity (Wildman–Crippen MR) is 72.9 cm³/mol. The number of H-pyrrole nitrogens is 1. The van der Waals surface area contributed by atoms with Gasteiger partial charge in [0, 0.05) is 23.7 Å². The molecular formula is C12H16N2OS2. The number of hydrogen-bond acceptors (Lipinski definition) is 3. The molecule has 1 aromatic rings. The summed E-state index contributed by atoms with van der Waals surface area (Å²) in [5.41, 5.74) is 2.31. The van der Waals surface area contributed by atoms with Crippen molar-refractivity contribution in [2.75, 3.05) is 13.1 Å². The number of nitrogens with zero attached hydrogens (tertiary/aromatic N) is 1. The van der Waals surface area contributed by atoms with Gasteiger partial charge in [-0.2, -0.15) is 0 Å². The minimum absolute atomic E-state index is 0.200. The van der Waals surface area contributed by atoms with E-state index in [1.165, 1.54) is 16.9 Å². The zero-order valence-corrected chi connectivity index (χ0v) is 11.7. The quantitative estimate of drug-likeness (QED) is 0.661. The van der Waals surface area contributed by atoms with Crippen LogP contribution in [-0.2, 0) is 11.2 Å². The zero-order valence-electron chi connectivity index (χ0n) is 10.1. The number of carbonyl (C=O) groups is 1. The van der Waals surface area contributed by atoms with E-state index < -0.39 is 0 Å². The first-order valence-corrected chi connectivity index (χ1v) is 6.90. The van der Waals surface area contributed by atoms with Gasteiger partial charge in [-0.3, -0.25) is 4.79 Å². The van der Waals surface area contributed by atoms with Crippen molar-refractivity contribution in [3.63, 3.8) is 0 Å². The van der Waals surface area contributed by atoms with Crippen LogP contribution in [0.2, 0.25) is 0 Å². The topological polar surface area (TPSA) is 36.1 Å². The maximum Gasteiger partial charge on any atom is 0.228 e. The number of amides is 1. The Bertz CT molecular complexity index is 513. The fourth-order valence-corrected chi connectivity index (χ4v) is 3.26. The highest BCUT2D eigenvalue weighted by Gasteiger charge is 2.18. The summed E-state index contributed by atoms with van der Waals surface area (Å²) in [4.78, 5) is 18.2. The van der Waals surface area contributed by atoms with E-state index >= 15 is 0 Å². The van der Waals surface area contributed by atoms with Crippen LogP contribution in [0.1, 0.15) is 23.9 Å². The smallest absolute Gasteiger partial charge is 0.228 e. The van der Waals surface area contributed by atoms with Gasteiger partial charge in [0.25, 0.3) is 0 Å². The standard InChI is InChI=1S/C12H16N2OS2/c1-8-4-3-5-14(7-8)11(15)6-10-9(2)13-12(16)17-10/h4H,3,5-7H2,1-2H3,(H,13,16). The Morgan fingerprint density at radius 1 is 1.59 bits per heavy atom. The van der Waals surface area contributed by atoms with Crippen molar-refractivity contribution >= 4 is 29.5 Å². The number of rotatable bonds is 2. The van der Waals surface area contributed by atoms with Crippen LogP contribution < -0.4 is 0 Å². The average Bonchev–Trinajstić information content (AvgIpc) is 2.57. The van der Waals surface area contributed by atoms with Gasteiger partial charge in [0.05, 0.1) is 6.42 Å². The fraction of sp³-hybridized carbons (Fsp3) is 0.500. The molecule has 0 bridgehead atoms. The molecule has 1 aliphatic rings. The minimum atomic E-state index is 0.200. The van der Waals surface area contributed by atoms with Gasteiger partial charge in [-0.25, -0.2) is 0 Å². The SMILES string of the molecule is CC1=CCCN(C(=O)Cc2sc(=S)[nH]c2C)C1. The van der Waals surface area contributed by atoms with Gasteiger partial charge >= 0.3 is 0 Å². The minimum Gasteiger partial charge on any atom is -0.341 e. The Morgan fingerprint density at radius 2 is 2.35 bits per heavy atom. The molecule has 0 aromatic carbocycles. The fourth-order valence-electron chi connectivity index (χ4n) is 1.98. The van der Waals surface area contributed by atoms with Gasteiger partial charge < -0.3 is 9.88 Å². The van der Waals surface area contributed by atoms with Gasteiger partial charge in [-0.15, -0.1) is 11.3 Å². The lowest BCUT2D eigenvalue weighted by atomic mass is 10.1. The van der Waals surface area contributed by atoms with Crippen LogP contribution in [0.3, 0.4) is 0 Å². The third-order valence-electron chi connectivity index (χ3n) is 2.92. The van der Waals surface area contributed by atoms with Crippen LogP contribution in [0, 0.1) is 10.9 Å². The lowest BCUT2D eigenvalue weighted by Gasteiger charge is -2.26. The van der Waals surface area contributed by atoms with Gasteiger partial charge in [0.15, 0.2) is 3.95 Å². The maximum absolute atomic E-state index is 12.1. The number of hydrogen-bond donors (Lipinski definition) is 1. The van der Waals surface area contributed by atoms with E-state index in [0.717, 1.165) is 34.0 Å². The Kier molecular flexibility index (Phi) is 3.79. The monoisotopic (exact) mass is 268 g/mol.